The number of halogens is 4. The van der Waals surface area contributed by atoms with Crippen LogP contribution in [0, 0.1) is 5.41 Å². The summed E-state index contributed by atoms with van der Waals surface area (Å²) in [5, 5.41) is 22.1. The van der Waals surface area contributed by atoms with E-state index in [1.807, 2.05) is 0 Å². The first-order chi connectivity index (χ1) is 23.4. The molecule has 3 aromatic heterocycles. The topological polar surface area (TPSA) is 175 Å². The van der Waals surface area contributed by atoms with Crippen LogP contribution in [-0.4, -0.2) is 76.3 Å². The van der Waals surface area contributed by atoms with Crippen molar-refractivity contribution in [3.63, 3.8) is 0 Å². The highest BCUT2D eigenvalue weighted by Gasteiger charge is 2.39. The quantitative estimate of drug-likeness (QED) is 0.120. The highest BCUT2D eigenvalue weighted by molar-refractivity contribution is 7.38. The van der Waals surface area contributed by atoms with Crippen LogP contribution in [0.3, 0.4) is 0 Å². The molecule has 4 aromatic rings. The molecule has 4 heterocycles. The molecule has 14 nitrogen and oxygen atoms in total. The third-order valence-electron chi connectivity index (χ3n) is 7.46. The molecule has 5 rings (SSSR count). The summed E-state index contributed by atoms with van der Waals surface area (Å²) in [6, 6.07) is 6.03. The van der Waals surface area contributed by atoms with Gasteiger partial charge in [0.2, 0.25) is 12.1 Å². The maximum Gasteiger partial charge on any atom is 0.512 e. The van der Waals surface area contributed by atoms with Gasteiger partial charge in [-0.05, 0) is 29.7 Å². The molecule has 49 heavy (non-hydrogen) atoms. The van der Waals surface area contributed by atoms with Gasteiger partial charge in [0.15, 0.2) is 11.4 Å². The Morgan fingerprint density at radius 3 is 2.55 bits per heavy atom. The number of benzene rings is 1. The number of pyridine rings is 1. The minimum absolute atomic E-state index is 0.0200. The fourth-order valence-electron chi connectivity index (χ4n) is 4.90. The number of aliphatic hydroxyl groups is 1. The van der Waals surface area contributed by atoms with E-state index in [2.05, 4.69) is 36.0 Å². The molecule has 0 bridgehead atoms. The average molecular weight is 724 g/mol. The molecular formula is C30H32ClF3N8O6P+. The van der Waals surface area contributed by atoms with Gasteiger partial charge in [-0.15, -0.1) is 4.52 Å². The van der Waals surface area contributed by atoms with E-state index < -0.39 is 36.9 Å². The Labute approximate surface area is 284 Å². The van der Waals surface area contributed by atoms with E-state index in [1.54, 1.807) is 23.9 Å². The first-order valence-corrected chi connectivity index (χ1v) is 16.5. The number of carbonyl (C=O) groups is 1. The molecule has 1 amide bonds. The van der Waals surface area contributed by atoms with Gasteiger partial charge in [-0.1, -0.05) is 17.7 Å². The Kier molecular flexibility index (Phi) is 11.0. The summed E-state index contributed by atoms with van der Waals surface area (Å²) in [5.41, 5.74) is -0.347. The van der Waals surface area contributed by atoms with Crippen LogP contribution >= 0.6 is 19.6 Å². The number of alkyl halides is 3. The van der Waals surface area contributed by atoms with Gasteiger partial charge < -0.3 is 30.5 Å². The number of nitrogens with zero attached hydrogens (tertiary/aromatic N) is 5. The summed E-state index contributed by atoms with van der Waals surface area (Å²) in [6.45, 7) is 3.07. The zero-order valence-corrected chi connectivity index (χ0v) is 28.1. The third kappa shape index (κ3) is 8.08. The van der Waals surface area contributed by atoms with Crippen LogP contribution in [0.15, 0.2) is 42.9 Å². The predicted molar refractivity (Wildman–Crippen MR) is 174 cm³/mol. The van der Waals surface area contributed by atoms with Crippen molar-refractivity contribution in [2.24, 2.45) is 5.41 Å². The molecule has 0 saturated carbocycles. The minimum atomic E-state index is -4.87. The highest BCUT2D eigenvalue weighted by Crippen LogP contribution is 2.42. The van der Waals surface area contributed by atoms with Gasteiger partial charge in [-0.2, -0.15) is 23.3 Å². The number of aliphatic hydroxyl groups excluding tert-OH is 1. The Morgan fingerprint density at radius 2 is 1.92 bits per heavy atom. The van der Waals surface area contributed by atoms with Gasteiger partial charge in [0.25, 0.3) is 5.91 Å². The molecule has 1 atom stereocenters. The van der Waals surface area contributed by atoms with Crippen LogP contribution in [-0.2, 0) is 32.7 Å². The Balaban J connectivity index is 1.45. The van der Waals surface area contributed by atoms with E-state index in [4.69, 9.17) is 25.6 Å². The number of nitrogens with one attached hydrogen (secondary N) is 3. The monoisotopic (exact) mass is 723 g/mol. The van der Waals surface area contributed by atoms with Crippen molar-refractivity contribution < 1.29 is 41.6 Å². The SMILES string of the molecule is CCO[P+](=O)Cc1ccc(Nc2ncc(C(F)(F)F)c(Nc3ccc(-c4cnn(CC5(CO)COC5)c4)nc3C(=O)NC)n2)c(OC)c1Cl. The lowest BCUT2D eigenvalue weighted by Crippen LogP contribution is -2.48. The maximum atomic E-state index is 14.1. The van der Waals surface area contributed by atoms with E-state index in [0.717, 1.165) is 0 Å². The fraction of sp³-hybridized carbons (Fsp3) is 0.367. The largest absolute Gasteiger partial charge is 0.512 e. The Bertz CT molecular complexity index is 1850. The molecule has 1 unspecified atom stereocenters. The molecule has 0 radical (unpaired) electrons. The fourth-order valence-corrected chi connectivity index (χ4v) is 6.22. The van der Waals surface area contributed by atoms with Crippen LogP contribution in [0.25, 0.3) is 11.3 Å². The molecule has 0 spiro atoms. The van der Waals surface area contributed by atoms with Crippen LogP contribution in [0.2, 0.25) is 5.02 Å². The number of hydrogen-bond donors (Lipinski definition) is 4. The first-order valence-electron chi connectivity index (χ1n) is 14.8. The molecule has 1 aliphatic rings. The number of anilines is 4. The van der Waals surface area contributed by atoms with Gasteiger partial charge >= 0.3 is 14.2 Å². The number of rotatable bonds is 14. The first kappa shape index (κ1) is 35.9. The second-order valence-corrected chi connectivity index (χ2v) is 12.6. The number of ether oxygens (including phenoxy) is 2. The van der Waals surface area contributed by atoms with Gasteiger partial charge in [0.05, 0.1) is 73.8 Å². The summed E-state index contributed by atoms with van der Waals surface area (Å²) in [7, 11) is 0.685. The molecule has 0 aliphatic carbocycles. The van der Waals surface area contributed by atoms with Crippen molar-refractivity contribution >= 4 is 48.7 Å². The Morgan fingerprint density at radius 1 is 1.16 bits per heavy atom. The lowest BCUT2D eigenvalue weighted by atomic mass is 9.87. The van der Waals surface area contributed by atoms with Crippen molar-refractivity contribution in [3.05, 3.63) is 64.7 Å². The van der Waals surface area contributed by atoms with Crippen molar-refractivity contribution in [2.75, 3.05) is 51.2 Å². The third-order valence-corrected chi connectivity index (χ3v) is 9.02. The Hall–Kier alpha value is -4.41. The number of methoxy groups -OCH3 is 1. The van der Waals surface area contributed by atoms with Gasteiger partial charge in [-0.25, -0.2) is 9.97 Å². The van der Waals surface area contributed by atoms with E-state index in [-0.39, 0.29) is 53.2 Å². The number of aromatic nitrogens is 5. The molecular weight excluding hydrogens is 692 g/mol. The second-order valence-electron chi connectivity index (χ2n) is 11.0. The zero-order valence-electron chi connectivity index (χ0n) is 26.5. The van der Waals surface area contributed by atoms with Gasteiger partial charge in [0, 0.05) is 30.6 Å². The molecule has 1 fully saturated rings. The van der Waals surface area contributed by atoms with Gasteiger partial charge in [0.1, 0.15) is 11.4 Å². The highest BCUT2D eigenvalue weighted by atomic mass is 35.5. The van der Waals surface area contributed by atoms with Crippen molar-refractivity contribution in [3.8, 4) is 17.0 Å². The lowest BCUT2D eigenvalue weighted by molar-refractivity contribution is -0.146. The molecule has 1 aliphatic heterocycles. The van der Waals surface area contributed by atoms with E-state index >= 15 is 0 Å². The number of amides is 1. The molecule has 4 N–H and O–H groups in total. The summed E-state index contributed by atoms with van der Waals surface area (Å²) >= 11 is 6.50. The summed E-state index contributed by atoms with van der Waals surface area (Å²) < 4.78 is 71.9. The molecule has 1 aromatic carbocycles. The van der Waals surface area contributed by atoms with Crippen LogP contribution in [0.4, 0.5) is 36.3 Å². The minimum Gasteiger partial charge on any atom is -0.493 e. The maximum absolute atomic E-state index is 14.1. The van der Waals surface area contributed by atoms with Gasteiger partial charge in [-0.3, -0.25) is 9.48 Å². The predicted octanol–water partition coefficient (Wildman–Crippen LogP) is 5.55. The van der Waals surface area contributed by atoms with E-state index in [0.29, 0.717) is 42.8 Å². The molecule has 260 valence electrons. The van der Waals surface area contributed by atoms with Crippen molar-refractivity contribution in [1.82, 2.24) is 30.0 Å². The zero-order chi connectivity index (χ0) is 35.3. The van der Waals surface area contributed by atoms with Crippen molar-refractivity contribution in [1.29, 1.82) is 0 Å². The van der Waals surface area contributed by atoms with E-state index in [9.17, 15) is 27.6 Å². The standard InChI is InChI=1S/C30H31ClF3N8O6P/c1-4-48-49(45)12-17-5-6-22(25(46-3)23(17)31)40-28-36-10-19(30(32,33)34)26(41-28)39-21-8-7-20(38-24(21)27(44)35-2)18-9-37-42(11-18)13-29(14-43)15-47-16-29/h5-11,43H,4,12-16H2,1-3H3,(H2-,35,36,39,40,41,44)/p+1. The summed E-state index contributed by atoms with van der Waals surface area (Å²) in [6.07, 6.45) is -1.03. The number of carbonyl (C=O) groups excluding carboxylic acids is 1. The van der Waals surface area contributed by atoms with Crippen LogP contribution in [0.1, 0.15) is 28.5 Å². The molecule has 1 saturated heterocycles. The molecule has 19 heteroatoms. The van der Waals surface area contributed by atoms with Crippen LogP contribution in [0.5, 0.6) is 5.75 Å². The van der Waals surface area contributed by atoms with Crippen LogP contribution < -0.4 is 20.7 Å². The lowest BCUT2D eigenvalue weighted by Gasteiger charge is -2.39. The average Bonchev–Trinajstić information content (AvgIpc) is 3.52. The summed E-state index contributed by atoms with van der Waals surface area (Å²) in [5.74, 6) is -1.47. The normalized spacial score (nSPS) is 14.2. The van der Waals surface area contributed by atoms with Crippen molar-refractivity contribution in [2.45, 2.75) is 25.8 Å². The second kappa shape index (κ2) is 15.0. The number of hydrogen-bond acceptors (Lipinski definition) is 12. The summed E-state index contributed by atoms with van der Waals surface area (Å²) in [4.78, 5) is 25.3. The smallest absolute Gasteiger partial charge is 0.493 e. The van der Waals surface area contributed by atoms with E-state index in [1.165, 1.54) is 38.6 Å².